The van der Waals surface area contributed by atoms with E-state index < -0.39 is 26.8 Å². The molecule has 1 saturated carbocycles. The van der Waals surface area contributed by atoms with Crippen LogP contribution in [0.2, 0.25) is 5.02 Å². The summed E-state index contributed by atoms with van der Waals surface area (Å²) in [5.41, 5.74) is 4.91. The summed E-state index contributed by atoms with van der Waals surface area (Å²) in [4.78, 5) is 18.5. The lowest BCUT2D eigenvalue weighted by molar-refractivity contribution is -0.0932. The van der Waals surface area contributed by atoms with Crippen LogP contribution in [0.1, 0.15) is 78.7 Å². The average Bonchev–Trinajstić information content (AvgIpc) is 3.53. The lowest BCUT2D eigenvalue weighted by Crippen LogP contribution is -2.57. The first-order valence-corrected chi connectivity index (χ1v) is 20.7. The molecule has 6 atom stereocenters. The maximum Gasteiger partial charge on any atom is 0.264 e. The SMILES string of the molecule is CO[C@@]1(CN2CCc3nocc3C2)/C=C/C[C@H](C)[C@@H](C)S(=O)(=O)NC(=O)c2ccc3c(c2)N(C[C@@H]2CC[C@H]21)C[C@@]1(CCCc2cc(Cl)ccc21)CO3. The van der Waals surface area contributed by atoms with Gasteiger partial charge in [-0.25, -0.2) is 13.1 Å². The molecule has 1 aromatic heterocycles. The molecule has 8 rings (SSSR count). The van der Waals surface area contributed by atoms with Gasteiger partial charge in [-0.2, -0.15) is 0 Å². The molecule has 2 bridgehead atoms. The van der Waals surface area contributed by atoms with Gasteiger partial charge in [0.05, 0.1) is 23.2 Å². The number of allylic oxidation sites excluding steroid dienone is 1. The number of anilines is 1. The number of carbonyl (C=O) groups excluding carboxylic acids is 1. The average molecular weight is 749 g/mol. The molecule has 1 fully saturated rings. The lowest BCUT2D eigenvalue weighted by Gasteiger charge is -2.52. The molecule has 5 aliphatic rings. The zero-order valence-electron chi connectivity index (χ0n) is 30.3. The highest BCUT2D eigenvalue weighted by Gasteiger charge is 2.50. The van der Waals surface area contributed by atoms with Gasteiger partial charge in [0.2, 0.25) is 10.0 Å². The van der Waals surface area contributed by atoms with E-state index in [-0.39, 0.29) is 17.3 Å². The molecule has 1 amide bonds. The quantitative estimate of drug-likeness (QED) is 0.308. The number of aromatic nitrogens is 1. The number of fused-ring (bicyclic) bond motifs is 5. The molecule has 2 aromatic carbocycles. The number of ether oxygens (including phenoxy) is 2. The van der Waals surface area contributed by atoms with Crippen LogP contribution in [-0.2, 0) is 39.6 Å². The number of rotatable bonds is 3. The molecule has 0 saturated heterocycles. The number of hydrogen-bond donors (Lipinski definition) is 1. The topological polar surface area (TPSA) is 114 Å². The first-order chi connectivity index (χ1) is 25.0. The van der Waals surface area contributed by atoms with E-state index in [4.69, 9.17) is 25.6 Å². The molecule has 3 aromatic rings. The van der Waals surface area contributed by atoms with Crippen molar-refractivity contribution in [3.8, 4) is 5.75 Å². The number of amides is 1. The minimum atomic E-state index is -3.97. The molecule has 1 spiro atoms. The Bertz CT molecular complexity index is 1980. The molecule has 52 heavy (non-hydrogen) atoms. The molecule has 10 nitrogen and oxygen atoms in total. The highest BCUT2D eigenvalue weighted by Crippen LogP contribution is 2.49. The summed E-state index contributed by atoms with van der Waals surface area (Å²) in [6, 6.07) is 11.6. The van der Waals surface area contributed by atoms with E-state index in [0.29, 0.717) is 43.3 Å². The van der Waals surface area contributed by atoms with E-state index in [0.717, 1.165) is 80.1 Å². The number of carbonyl (C=O) groups is 1. The van der Waals surface area contributed by atoms with E-state index in [1.54, 1.807) is 19.3 Å². The minimum Gasteiger partial charge on any atom is -0.490 e. The number of benzene rings is 2. The number of nitrogens with zero attached hydrogens (tertiary/aromatic N) is 3. The van der Waals surface area contributed by atoms with Gasteiger partial charge in [0.25, 0.3) is 5.91 Å². The fourth-order valence-electron chi connectivity index (χ4n) is 9.49. The van der Waals surface area contributed by atoms with E-state index >= 15 is 0 Å². The van der Waals surface area contributed by atoms with Gasteiger partial charge in [-0.1, -0.05) is 41.9 Å². The summed E-state index contributed by atoms with van der Waals surface area (Å²) >= 11 is 6.49. The number of methoxy groups -OCH3 is 1. The van der Waals surface area contributed by atoms with Gasteiger partial charge in [0.1, 0.15) is 17.6 Å². The van der Waals surface area contributed by atoms with E-state index in [1.807, 2.05) is 32.2 Å². The fraction of sp³-hybridized carbons (Fsp3) is 0.550. The molecule has 278 valence electrons. The van der Waals surface area contributed by atoms with Crippen LogP contribution in [0.4, 0.5) is 5.69 Å². The summed E-state index contributed by atoms with van der Waals surface area (Å²) in [6.07, 6.45) is 12.5. The zero-order chi connectivity index (χ0) is 36.3. The van der Waals surface area contributed by atoms with E-state index in [1.165, 1.54) is 11.1 Å². The van der Waals surface area contributed by atoms with Crippen molar-refractivity contribution in [2.24, 2.45) is 17.8 Å². The van der Waals surface area contributed by atoms with Crippen molar-refractivity contribution in [3.63, 3.8) is 0 Å². The highest BCUT2D eigenvalue weighted by atomic mass is 35.5. The Hall–Kier alpha value is -3.38. The van der Waals surface area contributed by atoms with Crippen LogP contribution in [0.15, 0.2) is 59.3 Å². The van der Waals surface area contributed by atoms with Crippen molar-refractivity contribution >= 4 is 33.2 Å². The van der Waals surface area contributed by atoms with Crippen LogP contribution in [0.3, 0.4) is 0 Å². The van der Waals surface area contributed by atoms with Crippen LogP contribution in [0.5, 0.6) is 5.75 Å². The monoisotopic (exact) mass is 748 g/mol. The molecular weight excluding hydrogens is 700 g/mol. The summed E-state index contributed by atoms with van der Waals surface area (Å²) in [7, 11) is -2.15. The Morgan fingerprint density at radius 3 is 2.79 bits per heavy atom. The second-order valence-corrected chi connectivity index (χ2v) is 18.4. The highest BCUT2D eigenvalue weighted by molar-refractivity contribution is 7.90. The summed E-state index contributed by atoms with van der Waals surface area (Å²) in [5.74, 6) is 0.357. The van der Waals surface area contributed by atoms with Crippen LogP contribution < -0.4 is 14.4 Å². The molecule has 2 aliphatic carbocycles. The molecule has 12 heteroatoms. The third kappa shape index (κ3) is 6.45. The summed E-state index contributed by atoms with van der Waals surface area (Å²) in [6.45, 7) is 7.84. The fourth-order valence-corrected chi connectivity index (χ4v) is 11.0. The predicted molar refractivity (Wildman–Crippen MR) is 200 cm³/mol. The van der Waals surface area contributed by atoms with Crippen molar-refractivity contribution in [3.05, 3.63) is 87.8 Å². The van der Waals surface area contributed by atoms with Gasteiger partial charge < -0.3 is 18.9 Å². The van der Waals surface area contributed by atoms with Crippen molar-refractivity contribution in [2.45, 2.75) is 81.6 Å². The Balaban J connectivity index is 1.20. The standard InChI is InChI=1S/C40H49ClN4O6S/c1-26-6-4-16-40(49-3,24-44-17-14-35-31(20-44)22-51-42-35)34-11-8-30(34)21-45-23-39(15-5-7-28-18-32(41)10-12-33(28)39)25-50-37-13-9-29(19-36(37)45)38(46)43-52(47,48)27(26)2/h4,9-10,12-13,16,18-19,22,26-27,30,34H,5-8,11,14-15,17,20-21,23-25H2,1-3H3,(H,43,46)/b16-4+/t26-,27+,30-,34+,39-,40+/m0/s1. The van der Waals surface area contributed by atoms with Crippen LogP contribution in [-0.4, -0.2) is 75.1 Å². The maximum atomic E-state index is 13.6. The Kier molecular flexibility index (Phi) is 9.45. The number of sulfonamides is 1. The molecular formula is C40H49ClN4O6S. The van der Waals surface area contributed by atoms with Crippen molar-refractivity contribution in [1.82, 2.24) is 14.8 Å². The molecule has 1 N–H and O–H groups in total. The van der Waals surface area contributed by atoms with E-state index in [2.05, 4.69) is 44.0 Å². The van der Waals surface area contributed by atoms with E-state index in [9.17, 15) is 13.2 Å². The Morgan fingerprint density at radius 2 is 1.98 bits per heavy atom. The van der Waals surface area contributed by atoms with Crippen LogP contribution >= 0.6 is 11.6 Å². The van der Waals surface area contributed by atoms with Crippen LogP contribution in [0, 0.1) is 17.8 Å². The van der Waals surface area contributed by atoms with Crippen molar-refractivity contribution in [1.29, 1.82) is 0 Å². The number of hydrogen-bond acceptors (Lipinski definition) is 9. The van der Waals surface area contributed by atoms with Crippen molar-refractivity contribution < 1.29 is 27.2 Å². The minimum absolute atomic E-state index is 0.217. The number of halogens is 1. The second kappa shape index (κ2) is 13.8. The summed E-state index contributed by atoms with van der Waals surface area (Å²) in [5, 5.41) is 4.15. The first kappa shape index (κ1) is 35.6. The van der Waals surface area contributed by atoms with Gasteiger partial charge >= 0.3 is 0 Å². The molecule has 0 radical (unpaired) electrons. The normalized spacial score (nSPS) is 32.3. The lowest BCUT2D eigenvalue weighted by atomic mass is 9.63. The van der Waals surface area contributed by atoms with Gasteiger partial charge in [-0.3, -0.25) is 9.69 Å². The van der Waals surface area contributed by atoms with Gasteiger partial charge in [0.15, 0.2) is 0 Å². The smallest absolute Gasteiger partial charge is 0.264 e. The summed E-state index contributed by atoms with van der Waals surface area (Å²) < 4.78 is 48.2. The third-order valence-electron chi connectivity index (χ3n) is 12.9. The van der Waals surface area contributed by atoms with Gasteiger partial charge in [0, 0.05) is 67.8 Å². The molecule has 0 unspecified atom stereocenters. The first-order valence-electron chi connectivity index (χ1n) is 18.7. The van der Waals surface area contributed by atoms with Gasteiger partial charge in [-0.05, 0) is 105 Å². The Labute approximate surface area is 311 Å². The zero-order valence-corrected chi connectivity index (χ0v) is 31.8. The van der Waals surface area contributed by atoms with Gasteiger partial charge in [-0.15, -0.1) is 0 Å². The number of aryl methyl sites for hydroxylation is 1. The third-order valence-corrected chi connectivity index (χ3v) is 15.0. The number of nitrogens with one attached hydrogen (secondary N) is 1. The van der Waals surface area contributed by atoms with Crippen molar-refractivity contribution in [2.75, 3.05) is 44.8 Å². The largest absolute Gasteiger partial charge is 0.490 e. The maximum absolute atomic E-state index is 13.6. The predicted octanol–water partition coefficient (Wildman–Crippen LogP) is 6.31. The molecule has 4 heterocycles. The Morgan fingerprint density at radius 1 is 1.12 bits per heavy atom. The van der Waals surface area contributed by atoms with Crippen LogP contribution in [0.25, 0.3) is 0 Å². The molecule has 3 aliphatic heterocycles. The second-order valence-electron chi connectivity index (χ2n) is 15.9.